The highest BCUT2D eigenvalue weighted by Crippen LogP contribution is 2.34. The first kappa shape index (κ1) is 18.6. The van der Waals surface area contributed by atoms with E-state index in [1.807, 2.05) is 12.1 Å². The second kappa shape index (κ2) is 7.79. The second-order valence-corrected chi connectivity index (χ2v) is 7.95. The van der Waals surface area contributed by atoms with Crippen LogP contribution >= 0.6 is 0 Å². The number of nitrogens with two attached hydrogens (primary N) is 1. The number of fused-ring (bicyclic) bond motifs is 1. The summed E-state index contributed by atoms with van der Waals surface area (Å²) in [5, 5.41) is 0.963. The standard InChI is InChI=1S/C26H24FN3/c27-24-9-5-4-8-22(24)23-16-20-10-11-21(17-25(20)29-26(23)28)30-14-12-19(13-15-30)18-6-2-1-3-7-18/h1-11,16-17,19H,12-15H2,(H2,28,29). The first-order valence-corrected chi connectivity index (χ1v) is 10.4. The van der Waals surface area contributed by atoms with Gasteiger partial charge in [-0.15, -0.1) is 0 Å². The van der Waals surface area contributed by atoms with Gasteiger partial charge in [-0.1, -0.05) is 54.6 Å². The number of rotatable bonds is 3. The van der Waals surface area contributed by atoms with E-state index in [0.717, 1.165) is 36.8 Å². The van der Waals surface area contributed by atoms with Crippen molar-refractivity contribution in [2.24, 2.45) is 0 Å². The lowest BCUT2D eigenvalue weighted by atomic mass is 9.89. The van der Waals surface area contributed by atoms with Gasteiger partial charge in [-0.2, -0.15) is 0 Å². The SMILES string of the molecule is Nc1nc2cc(N3CCC(c4ccccc4)CC3)ccc2cc1-c1ccccc1F. The fraction of sp³-hybridized carbons (Fsp3) is 0.192. The zero-order valence-corrected chi connectivity index (χ0v) is 16.8. The lowest BCUT2D eigenvalue weighted by Gasteiger charge is -2.34. The van der Waals surface area contributed by atoms with E-state index in [-0.39, 0.29) is 5.82 Å². The van der Waals surface area contributed by atoms with Crippen LogP contribution in [0.1, 0.15) is 24.3 Å². The molecule has 0 bridgehead atoms. The first-order chi connectivity index (χ1) is 14.7. The Kier molecular flexibility index (Phi) is 4.83. The lowest BCUT2D eigenvalue weighted by Crippen LogP contribution is -2.32. The van der Waals surface area contributed by atoms with Crippen LogP contribution in [0.2, 0.25) is 0 Å². The molecule has 30 heavy (non-hydrogen) atoms. The van der Waals surface area contributed by atoms with Crippen molar-refractivity contribution in [3.8, 4) is 11.1 Å². The van der Waals surface area contributed by atoms with Crippen molar-refractivity contribution in [1.29, 1.82) is 0 Å². The molecule has 0 saturated carbocycles. The van der Waals surface area contributed by atoms with E-state index in [2.05, 4.69) is 58.4 Å². The van der Waals surface area contributed by atoms with E-state index >= 15 is 0 Å². The van der Waals surface area contributed by atoms with Gasteiger partial charge in [0, 0.05) is 35.3 Å². The average molecular weight is 397 g/mol. The minimum atomic E-state index is -0.289. The summed E-state index contributed by atoms with van der Waals surface area (Å²) < 4.78 is 14.2. The van der Waals surface area contributed by atoms with E-state index in [0.29, 0.717) is 22.9 Å². The molecule has 1 aliphatic rings. The van der Waals surface area contributed by atoms with Gasteiger partial charge in [-0.25, -0.2) is 9.37 Å². The van der Waals surface area contributed by atoms with Gasteiger partial charge in [0.2, 0.25) is 0 Å². The van der Waals surface area contributed by atoms with Gasteiger partial charge in [0.15, 0.2) is 0 Å². The third-order valence-electron chi connectivity index (χ3n) is 6.13. The predicted molar refractivity (Wildman–Crippen MR) is 122 cm³/mol. The zero-order chi connectivity index (χ0) is 20.5. The smallest absolute Gasteiger partial charge is 0.132 e. The van der Waals surface area contributed by atoms with E-state index in [9.17, 15) is 4.39 Å². The number of nitrogen functional groups attached to an aromatic ring is 1. The minimum absolute atomic E-state index is 0.289. The molecular formula is C26H24FN3. The molecule has 0 amide bonds. The average Bonchev–Trinajstić information content (AvgIpc) is 2.79. The van der Waals surface area contributed by atoms with Gasteiger partial charge in [-0.05, 0) is 48.6 Å². The van der Waals surface area contributed by atoms with Crippen molar-refractivity contribution in [3.63, 3.8) is 0 Å². The number of aromatic nitrogens is 1. The normalized spacial score (nSPS) is 14.9. The summed E-state index contributed by atoms with van der Waals surface area (Å²) in [5.74, 6) is 0.691. The second-order valence-electron chi connectivity index (χ2n) is 7.95. The molecule has 2 N–H and O–H groups in total. The van der Waals surface area contributed by atoms with Crippen LogP contribution in [-0.4, -0.2) is 18.1 Å². The highest BCUT2D eigenvalue weighted by Gasteiger charge is 2.21. The summed E-state index contributed by atoms with van der Waals surface area (Å²) in [5.41, 5.74) is 10.8. The molecule has 5 rings (SSSR count). The lowest BCUT2D eigenvalue weighted by molar-refractivity contribution is 0.505. The van der Waals surface area contributed by atoms with Crippen molar-refractivity contribution in [3.05, 3.63) is 90.2 Å². The number of hydrogen-bond acceptors (Lipinski definition) is 3. The maximum absolute atomic E-state index is 14.2. The molecule has 1 fully saturated rings. The Labute approximate surface area is 176 Å². The van der Waals surface area contributed by atoms with Gasteiger partial charge in [0.25, 0.3) is 0 Å². The van der Waals surface area contributed by atoms with Crippen molar-refractivity contribution in [1.82, 2.24) is 4.98 Å². The fourth-order valence-electron chi connectivity index (χ4n) is 4.46. The molecule has 1 saturated heterocycles. The summed E-state index contributed by atoms with van der Waals surface area (Å²) in [6.07, 6.45) is 2.29. The Balaban J connectivity index is 1.39. The number of nitrogens with zero attached hydrogens (tertiary/aromatic N) is 2. The van der Waals surface area contributed by atoms with Crippen LogP contribution in [0.4, 0.5) is 15.9 Å². The predicted octanol–water partition coefficient (Wildman–Crippen LogP) is 6.01. The molecule has 2 heterocycles. The number of hydrogen-bond donors (Lipinski definition) is 1. The molecule has 3 aromatic carbocycles. The van der Waals surface area contributed by atoms with E-state index in [1.165, 1.54) is 17.3 Å². The topological polar surface area (TPSA) is 42.1 Å². The number of halogens is 1. The Morgan fingerprint density at radius 1 is 0.833 bits per heavy atom. The van der Waals surface area contributed by atoms with Crippen LogP contribution in [0, 0.1) is 5.82 Å². The summed E-state index contributed by atoms with van der Waals surface area (Å²) in [4.78, 5) is 7.01. The Morgan fingerprint density at radius 2 is 1.57 bits per heavy atom. The summed E-state index contributed by atoms with van der Waals surface area (Å²) in [6.45, 7) is 2.04. The number of piperidine rings is 1. The number of benzene rings is 3. The molecule has 4 aromatic rings. The Hall–Kier alpha value is -3.40. The largest absolute Gasteiger partial charge is 0.383 e. The monoisotopic (exact) mass is 397 g/mol. The third-order valence-corrected chi connectivity index (χ3v) is 6.13. The Morgan fingerprint density at radius 3 is 2.33 bits per heavy atom. The fourth-order valence-corrected chi connectivity index (χ4v) is 4.46. The maximum atomic E-state index is 14.2. The summed E-state index contributed by atoms with van der Waals surface area (Å²) in [7, 11) is 0. The van der Waals surface area contributed by atoms with Crippen LogP contribution in [0.3, 0.4) is 0 Å². The van der Waals surface area contributed by atoms with E-state index < -0.39 is 0 Å². The molecule has 0 radical (unpaired) electrons. The Bertz CT molecular complexity index is 1180. The molecule has 3 nitrogen and oxygen atoms in total. The van der Waals surface area contributed by atoms with Gasteiger partial charge in [0.1, 0.15) is 11.6 Å². The molecule has 0 unspecified atom stereocenters. The van der Waals surface area contributed by atoms with Crippen molar-refractivity contribution < 1.29 is 4.39 Å². The molecule has 4 heteroatoms. The molecule has 0 atom stereocenters. The van der Waals surface area contributed by atoms with Crippen LogP contribution < -0.4 is 10.6 Å². The first-order valence-electron chi connectivity index (χ1n) is 10.4. The quantitative estimate of drug-likeness (QED) is 0.460. The van der Waals surface area contributed by atoms with Gasteiger partial charge in [0.05, 0.1) is 5.52 Å². The maximum Gasteiger partial charge on any atom is 0.132 e. The minimum Gasteiger partial charge on any atom is -0.383 e. The van der Waals surface area contributed by atoms with Gasteiger partial charge < -0.3 is 10.6 Å². The van der Waals surface area contributed by atoms with Gasteiger partial charge in [-0.3, -0.25) is 0 Å². The van der Waals surface area contributed by atoms with Crippen LogP contribution in [0.5, 0.6) is 0 Å². The molecule has 150 valence electrons. The van der Waals surface area contributed by atoms with Crippen molar-refractivity contribution in [2.45, 2.75) is 18.8 Å². The number of pyridine rings is 1. The van der Waals surface area contributed by atoms with Crippen molar-refractivity contribution >= 4 is 22.4 Å². The van der Waals surface area contributed by atoms with Crippen LogP contribution in [0.15, 0.2) is 78.9 Å². The molecule has 1 aliphatic heterocycles. The highest BCUT2D eigenvalue weighted by atomic mass is 19.1. The molecule has 1 aromatic heterocycles. The van der Waals surface area contributed by atoms with E-state index in [1.54, 1.807) is 12.1 Å². The molecule has 0 spiro atoms. The summed E-state index contributed by atoms with van der Waals surface area (Å²) in [6, 6.07) is 25.7. The zero-order valence-electron chi connectivity index (χ0n) is 16.8. The highest BCUT2D eigenvalue weighted by molar-refractivity contribution is 5.90. The third kappa shape index (κ3) is 3.50. The van der Waals surface area contributed by atoms with E-state index in [4.69, 9.17) is 5.73 Å². The summed E-state index contributed by atoms with van der Waals surface area (Å²) >= 11 is 0. The molecular weight excluding hydrogens is 373 g/mol. The van der Waals surface area contributed by atoms with Crippen LogP contribution in [0.25, 0.3) is 22.0 Å². The van der Waals surface area contributed by atoms with Gasteiger partial charge >= 0.3 is 0 Å². The molecule has 0 aliphatic carbocycles. The number of anilines is 2. The van der Waals surface area contributed by atoms with Crippen molar-refractivity contribution in [2.75, 3.05) is 23.7 Å². The van der Waals surface area contributed by atoms with Crippen LogP contribution in [-0.2, 0) is 0 Å².